The standard InChI is InChI=1S/C18H18F2N2O2/c1-12-11-22(8-9-24-12)15-5-3-14(4-6-15)21-18(23)13-2-7-16(19)17(20)10-13/h2-7,10,12H,8-9,11H2,1H3,(H,21,23). The summed E-state index contributed by atoms with van der Waals surface area (Å²) in [6.07, 6.45) is 0.187. The van der Waals surface area contributed by atoms with E-state index in [1.54, 1.807) is 12.1 Å². The molecule has 0 saturated carbocycles. The first-order valence-corrected chi connectivity index (χ1v) is 7.76. The van der Waals surface area contributed by atoms with Gasteiger partial charge in [-0.3, -0.25) is 4.79 Å². The van der Waals surface area contributed by atoms with Crippen LogP contribution in [0.1, 0.15) is 17.3 Å². The number of benzene rings is 2. The zero-order valence-corrected chi connectivity index (χ0v) is 13.3. The van der Waals surface area contributed by atoms with Crippen LogP contribution in [0.5, 0.6) is 0 Å². The maximum Gasteiger partial charge on any atom is 0.255 e. The van der Waals surface area contributed by atoms with E-state index < -0.39 is 17.5 Å². The second-order valence-electron chi connectivity index (χ2n) is 5.76. The molecule has 3 rings (SSSR count). The topological polar surface area (TPSA) is 41.6 Å². The van der Waals surface area contributed by atoms with Crippen LogP contribution < -0.4 is 10.2 Å². The minimum Gasteiger partial charge on any atom is -0.375 e. The van der Waals surface area contributed by atoms with Crippen LogP contribution in [0.15, 0.2) is 42.5 Å². The fraction of sp³-hybridized carbons (Fsp3) is 0.278. The molecule has 1 heterocycles. The first-order chi connectivity index (χ1) is 11.5. The second kappa shape index (κ2) is 6.97. The van der Waals surface area contributed by atoms with Crippen molar-refractivity contribution >= 4 is 17.3 Å². The molecule has 0 aromatic heterocycles. The maximum atomic E-state index is 13.2. The van der Waals surface area contributed by atoms with Crippen molar-refractivity contribution in [3.05, 3.63) is 59.7 Å². The summed E-state index contributed by atoms with van der Waals surface area (Å²) < 4.78 is 31.6. The zero-order chi connectivity index (χ0) is 17.1. The van der Waals surface area contributed by atoms with Crippen LogP contribution in [0.3, 0.4) is 0 Å². The van der Waals surface area contributed by atoms with Gasteiger partial charge in [0.25, 0.3) is 5.91 Å². The number of nitrogens with one attached hydrogen (secondary N) is 1. The minimum atomic E-state index is -1.04. The number of carbonyl (C=O) groups is 1. The lowest BCUT2D eigenvalue weighted by Crippen LogP contribution is -2.41. The van der Waals surface area contributed by atoms with E-state index in [-0.39, 0.29) is 11.7 Å². The van der Waals surface area contributed by atoms with Gasteiger partial charge in [0, 0.05) is 30.0 Å². The Balaban J connectivity index is 1.67. The molecule has 1 aliphatic heterocycles. The summed E-state index contributed by atoms with van der Waals surface area (Å²) in [6, 6.07) is 10.5. The second-order valence-corrected chi connectivity index (χ2v) is 5.76. The number of nitrogens with zero attached hydrogens (tertiary/aromatic N) is 1. The van der Waals surface area contributed by atoms with Gasteiger partial charge >= 0.3 is 0 Å². The molecule has 24 heavy (non-hydrogen) atoms. The molecule has 1 aliphatic rings. The SMILES string of the molecule is CC1CN(c2ccc(NC(=O)c3ccc(F)c(F)c3)cc2)CCO1. The van der Waals surface area contributed by atoms with Gasteiger partial charge in [0.2, 0.25) is 0 Å². The van der Waals surface area contributed by atoms with E-state index >= 15 is 0 Å². The van der Waals surface area contributed by atoms with E-state index in [9.17, 15) is 13.6 Å². The molecule has 4 nitrogen and oxygen atoms in total. The first kappa shape index (κ1) is 16.4. The van der Waals surface area contributed by atoms with Crippen molar-refractivity contribution in [2.24, 2.45) is 0 Å². The van der Waals surface area contributed by atoms with Gasteiger partial charge in [0.1, 0.15) is 0 Å². The van der Waals surface area contributed by atoms with E-state index in [0.717, 1.165) is 30.9 Å². The average molecular weight is 332 g/mol. The van der Waals surface area contributed by atoms with E-state index in [0.29, 0.717) is 12.3 Å². The predicted molar refractivity (Wildman–Crippen MR) is 88.4 cm³/mol. The maximum absolute atomic E-state index is 13.2. The van der Waals surface area contributed by atoms with Crippen LogP contribution in [-0.4, -0.2) is 31.7 Å². The fourth-order valence-electron chi connectivity index (χ4n) is 2.65. The molecular weight excluding hydrogens is 314 g/mol. The Bertz CT molecular complexity index is 734. The highest BCUT2D eigenvalue weighted by Gasteiger charge is 2.17. The van der Waals surface area contributed by atoms with Crippen molar-refractivity contribution in [3.63, 3.8) is 0 Å². The quantitative estimate of drug-likeness (QED) is 0.936. The molecule has 6 heteroatoms. The Hall–Kier alpha value is -2.47. The van der Waals surface area contributed by atoms with E-state index in [4.69, 9.17) is 4.74 Å². The third kappa shape index (κ3) is 3.71. The van der Waals surface area contributed by atoms with Crippen molar-refractivity contribution in [1.29, 1.82) is 0 Å². The molecule has 2 aromatic carbocycles. The van der Waals surface area contributed by atoms with E-state index in [1.807, 2.05) is 19.1 Å². The highest BCUT2D eigenvalue weighted by molar-refractivity contribution is 6.04. The van der Waals surface area contributed by atoms with Gasteiger partial charge in [0.15, 0.2) is 11.6 Å². The summed E-state index contributed by atoms with van der Waals surface area (Å²) in [5, 5.41) is 2.67. The van der Waals surface area contributed by atoms with Crippen LogP contribution in [0.2, 0.25) is 0 Å². The Morgan fingerprint density at radius 1 is 1.17 bits per heavy atom. The van der Waals surface area contributed by atoms with E-state index in [1.165, 1.54) is 6.07 Å². The van der Waals surface area contributed by atoms with Gasteiger partial charge < -0.3 is 15.0 Å². The van der Waals surface area contributed by atoms with Gasteiger partial charge in [-0.25, -0.2) is 8.78 Å². The summed E-state index contributed by atoms with van der Waals surface area (Å²) in [7, 11) is 0. The molecule has 0 spiro atoms. The molecule has 1 saturated heterocycles. The molecule has 126 valence electrons. The zero-order valence-electron chi connectivity index (χ0n) is 13.3. The van der Waals surface area contributed by atoms with Crippen molar-refractivity contribution in [3.8, 4) is 0 Å². The molecule has 1 N–H and O–H groups in total. The van der Waals surface area contributed by atoms with Crippen LogP contribution in [0.25, 0.3) is 0 Å². The molecule has 1 atom stereocenters. The summed E-state index contributed by atoms with van der Waals surface area (Å²) in [4.78, 5) is 14.3. The molecule has 1 unspecified atom stereocenters. The number of carbonyl (C=O) groups excluding carboxylic acids is 1. The lowest BCUT2D eigenvalue weighted by molar-refractivity contribution is 0.0532. The number of hydrogen-bond acceptors (Lipinski definition) is 3. The Labute approximate surface area is 139 Å². The van der Waals surface area contributed by atoms with Crippen molar-refractivity contribution < 1.29 is 18.3 Å². The number of morpholine rings is 1. The molecule has 1 amide bonds. The molecule has 1 fully saturated rings. The lowest BCUT2D eigenvalue weighted by Gasteiger charge is -2.33. The third-order valence-corrected chi connectivity index (χ3v) is 3.91. The largest absolute Gasteiger partial charge is 0.375 e. The van der Waals surface area contributed by atoms with Crippen LogP contribution in [-0.2, 0) is 4.74 Å². The first-order valence-electron chi connectivity index (χ1n) is 7.76. The van der Waals surface area contributed by atoms with Crippen LogP contribution in [0.4, 0.5) is 20.2 Å². The number of halogens is 2. The smallest absolute Gasteiger partial charge is 0.255 e. The van der Waals surface area contributed by atoms with Gasteiger partial charge in [-0.05, 0) is 49.4 Å². The number of anilines is 2. The Morgan fingerprint density at radius 3 is 2.58 bits per heavy atom. The number of ether oxygens (including phenoxy) is 1. The average Bonchev–Trinajstić information content (AvgIpc) is 2.58. The highest BCUT2D eigenvalue weighted by Crippen LogP contribution is 2.21. The van der Waals surface area contributed by atoms with Gasteiger partial charge in [-0.15, -0.1) is 0 Å². The van der Waals surface area contributed by atoms with Gasteiger partial charge in [-0.2, -0.15) is 0 Å². The van der Waals surface area contributed by atoms with Crippen LogP contribution in [0, 0.1) is 11.6 Å². The molecule has 2 aromatic rings. The monoisotopic (exact) mass is 332 g/mol. The molecular formula is C18H18F2N2O2. The van der Waals surface area contributed by atoms with Crippen molar-refractivity contribution in [2.45, 2.75) is 13.0 Å². The minimum absolute atomic E-state index is 0.0694. The van der Waals surface area contributed by atoms with Gasteiger partial charge in [-0.1, -0.05) is 0 Å². The normalized spacial score (nSPS) is 17.6. The van der Waals surface area contributed by atoms with Crippen molar-refractivity contribution in [2.75, 3.05) is 29.9 Å². The Kier molecular flexibility index (Phi) is 4.76. The molecule has 0 aliphatic carbocycles. The van der Waals surface area contributed by atoms with Crippen molar-refractivity contribution in [1.82, 2.24) is 0 Å². The predicted octanol–water partition coefficient (Wildman–Crippen LogP) is 3.44. The highest BCUT2D eigenvalue weighted by atomic mass is 19.2. The summed E-state index contributed by atoms with van der Waals surface area (Å²) in [5.41, 5.74) is 1.71. The molecule has 0 radical (unpaired) electrons. The summed E-state index contributed by atoms with van der Waals surface area (Å²) >= 11 is 0. The third-order valence-electron chi connectivity index (χ3n) is 3.91. The summed E-state index contributed by atoms with van der Waals surface area (Å²) in [5.74, 6) is -2.50. The fourth-order valence-corrected chi connectivity index (χ4v) is 2.65. The summed E-state index contributed by atoms with van der Waals surface area (Å²) in [6.45, 7) is 4.36. The Morgan fingerprint density at radius 2 is 1.92 bits per heavy atom. The number of rotatable bonds is 3. The van der Waals surface area contributed by atoms with Gasteiger partial charge in [0.05, 0.1) is 12.7 Å². The van der Waals surface area contributed by atoms with Crippen LogP contribution >= 0.6 is 0 Å². The van der Waals surface area contributed by atoms with E-state index in [2.05, 4.69) is 10.2 Å². The lowest BCUT2D eigenvalue weighted by atomic mass is 10.2. The molecule has 0 bridgehead atoms. The number of hydrogen-bond donors (Lipinski definition) is 1. The number of amides is 1.